The molecule has 1 aliphatic carbocycles. The third kappa shape index (κ3) is 4.97. The van der Waals surface area contributed by atoms with Gasteiger partial charge in [0.1, 0.15) is 0 Å². The summed E-state index contributed by atoms with van der Waals surface area (Å²) in [5, 5.41) is 4.11. The van der Waals surface area contributed by atoms with Crippen LogP contribution in [0.4, 0.5) is 0 Å². The quantitative estimate of drug-likeness (QED) is 0.439. The zero-order chi connectivity index (χ0) is 15.5. The summed E-state index contributed by atoms with van der Waals surface area (Å²) in [5.41, 5.74) is 1.10. The predicted molar refractivity (Wildman–Crippen MR) is 103 cm³/mol. The summed E-state index contributed by atoms with van der Waals surface area (Å²) in [6.45, 7) is 2.55. The van der Waals surface area contributed by atoms with Gasteiger partial charge in [-0.3, -0.25) is 9.79 Å². The molecule has 0 radical (unpaired) electrons. The highest BCUT2D eigenvalue weighted by Gasteiger charge is 2.29. The smallest absolute Gasteiger partial charge is 0.242 e. The molecule has 0 unspecified atom stereocenters. The summed E-state index contributed by atoms with van der Waals surface area (Å²) in [6, 6.07) is 8.20. The Morgan fingerprint density at radius 1 is 1.30 bits per heavy atom. The lowest BCUT2D eigenvalue weighted by atomic mass is 10.2. The first-order valence-corrected chi connectivity index (χ1v) is 8.04. The van der Waals surface area contributed by atoms with Crippen molar-refractivity contribution in [3.8, 4) is 0 Å². The number of piperazine rings is 1. The van der Waals surface area contributed by atoms with E-state index >= 15 is 0 Å². The molecule has 1 amide bonds. The number of hydrogen-bond donors (Lipinski definition) is 1. The van der Waals surface area contributed by atoms with Crippen LogP contribution in [0.1, 0.15) is 18.4 Å². The maximum atomic E-state index is 12.4. The minimum absolute atomic E-state index is 0. The van der Waals surface area contributed by atoms with Crippen molar-refractivity contribution in [2.24, 2.45) is 4.99 Å². The summed E-state index contributed by atoms with van der Waals surface area (Å²) < 4.78 is 0. The van der Waals surface area contributed by atoms with Gasteiger partial charge in [0.15, 0.2) is 5.96 Å². The van der Waals surface area contributed by atoms with E-state index in [0.717, 1.165) is 23.1 Å². The Hall–Kier alpha value is -1.02. The van der Waals surface area contributed by atoms with Gasteiger partial charge in [-0.2, -0.15) is 0 Å². The number of nitrogens with zero attached hydrogens (tertiary/aromatic N) is 3. The number of nitrogens with one attached hydrogen (secondary N) is 1. The van der Waals surface area contributed by atoms with Gasteiger partial charge in [0.25, 0.3) is 0 Å². The topological polar surface area (TPSA) is 47.9 Å². The average molecular weight is 449 g/mol. The first-order chi connectivity index (χ1) is 10.7. The number of benzene rings is 1. The molecule has 0 atom stereocenters. The van der Waals surface area contributed by atoms with Crippen LogP contribution >= 0.6 is 35.6 Å². The van der Waals surface area contributed by atoms with Crippen LogP contribution in [0.25, 0.3) is 0 Å². The molecule has 7 heteroatoms. The van der Waals surface area contributed by atoms with Gasteiger partial charge in [-0.15, -0.1) is 24.0 Å². The SMILES string of the molecule is CN=C(NC1CC1)N1CCN(Cc2ccc(Cl)cc2)C(=O)C1.I. The molecule has 2 aliphatic rings. The molecule has 1 saturated heterocycles. The summed E-state index contributed by atoms with van der Waals surface area (Å²) >= 11 is 5.89. The maximum absolute atomic E-state index is 12.4. The Balaban J connectivity index is 0.00000192. The van der Waals surface area contributed by atoms with Crippen LogP contribution in [0.2, 0.25) is 5.02 Å². The molecule has 3 rings (SSSR count). The zero-order valence-corrected chi connectivity index (χ0v) is 16.3. The normalized spacial score (nSPS) is 18.7. The Morgan fingerprint density at radius 3 is 2.57 bits per heavy atom. The Morgan fingerprint density at radius 2 is 2.00 bits per heavy atom. The Labute approximate surface area is 159 Å². The largest absolute Gasteiger partial charge is 0.354 e. The van der Waals surface area contributed by atoms with Crippen LogP contribution in [-0.4, -0.2) is 54.4 Å². The molecule has 0 bridgehead atoms. The van der Waals surface area contributed by atoms with E-state index in [4.69, 9.17) is 11.6 Å². The van der Waals surface area contributed by atoms with Crippen molar-refractivity contribution in [1.82, 2.24) is 15.1 Å². The van der Waals surface area contributed by atoms with Gasteiger partial charge >= 0.3 is 0 Å². The lowest BCUT2D eigenvalue weighted by molar-refractivity contribution is -0.135. The lowest BCUT2D eigenvalue weighted by Gasteiger charge is -2.36. The van der Waals surface area contributed by atoms with Crippen molar-refractivity contribution in [2.75, 3.05) is 26.7 Å². The van der Waals surface area contributed by atoms with E-state index in [9.17, 15) is 4.79 Å². The number of aliphatic imine (C=N–C) groups is 1. The molecule has 126 valence electrons. The van der Waals surface area contributed by atoms with Crippen molar-refractivity contribution in [3.63, 3.8) is 0 Å². The van der Waals surface area contributed by atoms with Crippen molar-refractivity contribution >= 4 is 47.4 Å². The molecular weight excluding hydrogens is 427 g/mol. The second-order valence-electron chi connectivity index (χ2n) is 5.83. The first-order valence-electron chi connectivity index (χ1n) is 7.66. The standard InChI is InChI=1S/C16H21ClN4O.HI/c1-18-16(19-14-6-7-14)21-9-8-20(15(22)11-21)10-12-2-4-13(17)5-3-12;/h2-5,14H,6-11H2,1H3,(H,18,19);1H. The number of amides is 1. The van der Waals surface area contributed by atoms with Gasteiger partial charge in [-0.25, -0.2) is 0 Å². The van der Waals surface area contributed by atoms with E-state index in [-0.39, 0.29) is 29.9 Å². The highest BCUT2D eigenvalue weighted by atomic mass is 127. The number of carbonyl (C=O) groups excluding carboxylic acids is 1. The zero-order valence-electron chi connectivity index (χ0n) is 13.2. The van der Waals surface area contributed by atoms with Gasteiger partial charge in [0.2, 0.25) is 5.91 Å². The molecule has 1 saturated carbocycles. The fourth-order valence-electron chi connectivity index (χ4n) is 2.57. The molecule has 2 fully saturated rings. The number of carbonyl (C=O) groups is 1. The van der Waals surface area contributed by atoms with Crippen molar-refractivity contribution in [1.29, 1.82) is 0 Å². The van der Waals surface area contributed by atoms with Crippen LogP contribution in [0.3, 0.4) is 0 Å². The third-order valence-electron chi connectivity index (χ3n) is 4.03. The molecule has 0 aromatic heterocycles. The Bertz CT molecular complexity index is 574. The molecule has 5 nitrogen and oxygen atoms in total. The van der Waals surface area contributed by atoms with Crippen LogP contribution in [0, 0.1) is 0 Å². The number of halogens is 2. The van der Waals surface area contributed by atoms with Gasteiger partial charge in [0, 0.05) is 37.7 Å². The van der Waals surface area contributed by atoms with Crippen LogP contribution < -0.4 is 5.32 Å². The molecule has 0 spiro atoms. The molecule has 1 aliphatic heterocycles. The van der Waals surface area contributed by atoms with E-state index in [1.165, 1.54) is 12.8 Å². The fourth-order valence-corrected chi connectivity index (χ4v) is 2.70. The minimum Gasteiger partial charge on any atom is -0.354 e. The monoisotopic (exact) mass is 448 g/mol. The highest BCUT2D eigenvalue weighted by molar-refractivity contribution is 14.0. The first kappa shape index (κ1) is 18.3. The van der Waals surface area contributed by atoms with E-state index < -0.39 is 0 Å². The van der Waals surface area contributed by atoms with Gasteiger partial charge in [-0.05, 0) is 30.5 Å². The Kier molecular flexibility index (Phi) is 6.52. The van der Waals surface area contributed by atoms with Crippen LogP contribution in [0.15, 0.2) is 29.3 Å². The number of hydrogen-bond acceptors (Lipinski definition) is 2. The third-order valence-corrected chi connectivity index (χ3v) is 4.28. The minimum atomic E-state index is 0. The van der Waals surface area contributed by atoms with Crippen molar-refractivity contribution in [2.45, 2.75) is 25.4 Å². The maximum Gasteiger partial charge on any atom is 0.242 e. The fraction of sp³-hybridized carbons (Fsp3) is 0.500. The molecular formula is C16H22ClIN4O. The summed E-state index contributed by atoms with van der Waals surface area (Å²) in [7, 11) is 1.77. The highest BCUT2D eigenvalue weighted by Crippen LogP contribution is 2.19. The number of rotatable bonds is 3. The van der Waals surface area contributed by atoms with E-state index in [1.807, 2.05) is 34.1 Å². The van der Waals surface area contributed by atoms with E-state index in [0.29, 0.717) is 25.7 Å². The number of guanidine groups is 1. The van der Waals surface area contributed by atoms with Crippen molar-refractivity contribution < 1.29 is 4.79 Å². The van der Waals surface area contributed by atoms with Gasteiger partial charge in [-0.1, -0.05) is 23.7 Å². The van der Waals surface area contributed by atoms with Crippen molar-refractivity contribution in [3.05, 3.63) is 34.9 Å². The average Bonchev–Trinajstić information content (AvgIpc) is 3.33. The lowest BCUT2D eigenvalue weighted by Crippen LogP contribution is -2.55. The second kappa shape index (κ2) is 8.19. The molecule has 23 heavy (non-hydrogen) atoms. The van der Waals surface area contributed by atoms with Gasteiger partial charge < -0.3 is 15.1 Å². The summed E-state index contributed by atoms with van der Waals surface area (Å²) in [5.74, 6) is 0.988. The molecule has 1 aromatic carbocycles. The summed E-state index contributed by atoms with van der Waals surface area (Å²) in [4.78, 5) is 20.6. The van der Waals surface area contributed by atoms with Crippen LogP contribution in [-0.2, 0) is 11.3 Å². The molecule has 1 aromatic rings. The summed E-state index contributed by atoms with van der Waals surface area (Å²) in [6.07, 6.45) is 2.40. The van der Waals surface area contributed by atoms with Gasteiger partial charge in [0.05, 0.1) is 6.54 Å². The predicted octanol–water partition coefficient (Wildman–Crippen LogP) is 2.34. The van der Waals surface area contributed by atoms with E-state index in [2.05, 4.69) is 10.3 Å². The molecule has 1 heterocycles. The second-order valence-corrected chi connectivity index (χ2v) is 6.27. The van der Waals surface area contributed by atoms with E-state index in [1.54, 1.807) is 7.05 Å². The van der Waals surface area contributed by atoms with Crippen LogP contribution in [0.5, 0.6) is 0 Å². The molecule has 1 N–H and O–H groups in total.